The topological polar surface area (TPSA) is 91.0 Å². The Morgan fingerprint density at radius 3 is 2.38 bits per heavy atom. The van der Waals surface area contributed by atoms with E-state index in [9.17, 15) is 9.18 Å². The Balaban J connectivity index is 1.35. The number of nitrogens with zero attached hydrogens (tertiary/aromatic N) is 2. The fourth-order valence-corrected chi connectivity index (χ4v) is 3.77. The minimum atomic E-state index is -0.443. The molecule has 0 atom stereocenters. The SMILES string of the molecule is Cc1cc(Nc2ccc(NC(=O)Nc3cccc(F)c3)cc2)nc(NC2CCCCC2)n1. The maximum atomic E-state index is 13.2. The normalized spacial score (nSPS) is 13.9. The van der Waals surface area contributed by atoms with Crippen molar-refractivity contribution >= 4 is 34.9 Å². The molecule has 1 aliphatic rings. The van der Waals surface area contributed by atoms with Crippen molar-refractivity contribution in [2.75, 3.05) is 21.3 Å². The van der Waals surface area contributed by atoms with Gasteiger partial charge in [-0.2, -0.15) is 4.98 Å². The van der Waals surface area contributed by atoms with Crippen molar-refractivity contribution in [1.82, 2.24) is 9.97 Å². The zero-order chi connectivity index (χ0) is 22.3. The van der Waals surface area contributed by atoms with E-state index >= 15 is 0 Å². The van der Waals surface area contributed by atoms with E-state index in [2.05, 4.69) is 31.2 Å². The largest absolute Gasteiger partial charge is 0.351 e. The van der Waals surface area contributed by atoms with Gasteiger partial charge in [0.05, 0.1) is 0 Å². The van der Waals surface area contributed by atoms with Crippen molar-refractivity contribution in [1.29, 1.82) is 0 Å². The first-order valence-electron chi connectivity index (χ1n) is 10.9. The second-order valence-corrected chi connectivity index (χ2v) is 7.99. The molecule has 1 aliphatic carbocycles. The standard InChI is InChI=1S/C24H27FN6O/c1-16-14-22(31-23(26-16)28-18-7-3-2-4-8-18)27-19-10-12-20(13-11-19)29-24(32)30-21-9-5-6-17(25)15-21/h5-6,9-15,18H,2-4,7-8H2,1H3,(H2,29,30,32)(H2,26,27,28,31). The van der Waals surface area contributed by atoms with Crippen LogP contribution < -0.4 is 21.3 Å². The third-order valence-corrected chi connectivity index (χ3v) is 5.29. The molecule has 0 spiro atoms. The van der Waals surface area contributed by atoms with Crippen LogP contribution in [0.1, 0.15) is 37.8 Å². The summed E-state index contributed by atoms with van der Waals surface area (Å²) in [6.45, 7) is 1.95. The van der Waals surface area contributed by atoms with Crippen LogP contribution in [0.25, 0.3) is 0 Å². The van der Waals surface area contributed by atoms with Crippen molar-refractivity contribution in [3.05, 3.63) is 66.1 Å². The molecule has 1 saturated carbocycles. The summed E-state index contributed by atoms with van der Waals surface area (Å²) >= 11 is 0. The van der Waals surface area contributed by atoms with E-state index in [0.717, 1.165) is 24.2 Å². The maximum Gasteiger partial charge on any atom is 0.323 e. The van der Waals surface area contributed by atoms with Gasteiger partial charge in [-0.3, -0.25) is 0 Å². The molecule has 0 radical (unpaired) electrons. The van der Waals surface area contributed by atoms with Crippen molar-refractivity contribution in [3.63, 3.8) is 0 Å². The summed E-state index contributed by atoms with van der Waals surface area (Å²) in [5.41, 5.74) is 2.72. The van der Waals surface area contributed by atoms with Crippen LogP contribution in [0.3, 0.4) is 0 Å². The summed E-state index contributed by atoms with van der Waals surface area (Å²) in [6, 6.07) is 14.9. The molecule has 8 heteroatoms. The number of benzene rings is 2. The Kier molecular flexibility index (Phi) is 6.79. The molecule has 4 N–H and O–H groups in total. The molecule has 0 saturated heterocycles. The summed E-state index contributed by atoms with van der Waals surface area (Å²) in [5.74, 6) is 0.947. The predicted octanol–water partition coefficient (Wildman–Crippen LogP) is 6.06. The Morgan fingerprint density at radius 1 is 0.906 bits per heavy atom. The number of carbonyl (C=O) groups is 1. The van der Waals surface area contributed by atoms with E-state index < -0.39 is 11.8 Å². The highest BCUT2D eigenvalue weighted by Crippen LogP contribution is 2.23. The van der Waals surface area contributed by atoms with Gasteiger partial charge in [0.2, 0.25) is 5.95 Å². The average molecular weight is 435 g/mol. The molecule has 2 amide bonds. The fourth-order valence-electron chi connectivity index (χ4n) is 3.77. The number of anilines is 5. The minimum absolute atomic E-state index is 0.387. The molecule has 1 heterocycles. The van der Waals surface area contributed by atoms with Gasteiger partial charge in [0, 0.05) is 34.9 Å². The monoisotopic (exact) mass is 434 g/mol. The zero-order valence-corrected chi connectivity index (χ0v) is 18.0. The van der Waals surface area contributed by atoms with E-state index in [-0.39, 0.29) is 0 Å². The first kappa shape index (κ1) is 21.5. The number of halogens is 1. The lowest BCUT2D eigenvalue weighted by atomic mass is 9.96. The van der Waals surface area contributed by atoms with Crippen LogP contribution in [0.5, 0.6) is 0 Å². The Labute approximate surface area is 186 Å². The van der Waals surface area contributed by atoms with E-state index in [1.807, 2.05) is 25.1 Å². The number of carbonyl (C=O) groups excluding carboxylic acids is 1. The van der Waals surface area contributed by atoms with E-state index in [0.29, 0.717) is 29.2 Å². The lowest BCUT2D eigenvalue weighted by Crippen LogP contribution is -2.23. The Morgan fingerprint density at radius 2 is 1.62 bits per heavy atom. The summed E-state index contributed by atoms with van der Waals surface area (Å²) in [6.07, 6.45) is 6.10. The van der Waals surface area contributed by atoms with Crippen molar-refractivity contribution in [2.45, 2.75) is 45.1 Å². The van der Waals surface area contributed by atoms with Crippen molar-refractivity contribution in [2.24, 2.45) is 0 Å². The molecule has 0 unspecified atom stereocenters. The first-order chi connectivity index (χ1) is 15.5. The van der Waals surface area contributed by atoms with Crippen LogP contribution in [0, 0.1) is 12.7 Å². The number of hydrogen-bond donors (Lipinski definition) is 4. The van der Waals surface area contributed by atoms with Gasteiger partial charge < -0.3 is 21.3 Å². The highest BCUT2D eigenvalue weighted by molar-refractivity contribution is 5.99. The molecule has 0 aliphatic heterocycles. The summed E-state index contributed by atoms with van der Waals surface area (Å²) in [5, 5.41) is 12.1. The number of aromatic nitrogens is 2. The van der Waals surface area contributed by atoms with Crippen LogP contribution >= 0.6 is 0 Å². The lowest BCUT2D eigenvalue weighted by molar-refractivity contribution is 0.262. The van der Waals surface area contributed by atoms with Crippen LogP contribution in [0.2, 0.25) is 0 Å². The molecule has 3 aromatic rings. The summed E-state index contributed by atoms with van der Waals surface area (Å²) in [4.78, 5) is 21.2. The quantitative estimate of drug-likeness (QED) is 0.379. The highest BCUT2D eigenvalue weighted by Gasteiger charge is 2.14. The molecule has 1 fully saturated rings. The van der Waals surface area contributed by atoms with Crippen LogP contribution in [-0.4, -0.2) is 22.0 Å². The van der Waals surface area contributed by atoms with Crippen LogP contribution in [-0.2, 0) is 0 Å². The van der Waals surface area contributed by atoms with E-state index in [1.165, 1.54) is 37.5 Å². The highest BCUT2D eigenvalue weighted by atomic mass is 19.1. The molecule has 1 aromatic heterocycles. The number of aryl methyl sites for hydroxylation is 1. The van der Waals surface area contributed by atoms with Gasteiger partial charge in [-0.15, -0.1) is 0 Å². The smallest absolute Gasteiger partial charge is 0.323 e. The zero-order valence-electron chi connectivity index (χ0n) is 18.0. The Hall–Kier alpha value is -3.68. The second kappa shape index (κ2) is 10.1. The molecular formula is C24H27FN6O. The number of amides is 2. The van der Waals surface area contributed by atoms with Gasteiger partial charge in [-0.05, 0) is 62.2 Å². The van der Waals surface area contributed by atoms with Gasteiger partial charge in [0.25, 0.3) is 0 Å². The number of hydrogen-bond acceptors (Lipinski definition) is 5. The van der Waals surface area contributed by atoms with Crippen LogP contribution in [0.4, 0.5) is 38.0 Å². The summed E-state index contributed by atoms with van der Waals surface area (Å²) in [7, 11) is 0. The van der Waals surface area contributed by atoms with Gasteiger partial charge in [-0.25, -0.2) is 14.2 Å². The molecule has 166 valence electrons. The lowest BCUT2D eigenvalue weighted by Gasteiger charge is -2.23. The van der Waals surface area contributed by atoms with Crippen LogP contribution in [0.15, 0.2) is 54.6 Å². The van der Waals surface area contributed by atoms with Gasteiger partial charge >= 0.3 is 6.03 Å². The van der Waals surface area contributed by atoms with E-state index in [4.69, 9.17) is 0 Å². The van der Waals surface area contributed by atoms with Gasteiger partial charge in [0.1, 0.15) is 11.6 Å². The van der Waals surface area contributed by atoms with E-state index in [1.54, 1.807) is 18.2 Å². The third-order valence-electron chi connectivity index (χ3n) is 5.29. The number of urea groups is 1. The van der Waals surface area contributed by atoms with Gasteiger partial charge in [0.15, 0.2) is 0 Å². The molecule has 4 rings (SSSR count). The van der Waals surface area contributed by atoms with Crippen molar-refractivity contribution in [3.8, 4) is 0 Å². The second-order valence-electron chi connectivity index (χ2n) is 7.99. The molecular weight excluding hydrogens is 407 g/mol. The fraction of sp³-hybridized carbons (Fsp3) is 0.292. The molecule has 7 nitrogen and oxygen atoms in total. The first-order valence-corrected chi connectivity index (χ1v) is 10.9. The molecule has 2 aromatic carbocycles. The number of rotatable bonds is 6. The average Bonchev–Trinajstić information content (AvgIpc) is 2.75. The van der Waals surface area contributed by atoms with Gasteiger partial charge in [-0.1, -0.05) is 25.3 Å². The predicted molar refractivity (Wildman–Crippen MR) is 126 cm³/mol. The maximum absolute atomic E-state index is 13.2. The Bertz CT molecular complexity index is 1070. The molecule has 0 bridgehead atoms. The van der Waals surface area contributed by atoms with Crippen molar-refractivity contribution < 1.29 is 9.18 Å². The number of nitrogens with one attached hydrogen (secondary N) is 4. The minimum Gasteiger partial charge on any atom is -0.351 e. The molecule has 32 heavy (non-hydrogen) atoms. The summed E-state index contributed by atoms with van der Waals surface area (Å²) < 4.78 is 13.2. The third kappa shape index (κ3) is 6.16.